The minimum absolute atomic E-state index is 0.0947. The van der Waals surface area contributed by atoms with Crippen molar-refractivity contribution in [2.45, 2.75) is 32.3 Å². The molecule has 0 aliphatic carbocycles. The fraction of sp³-hybridized carbons (Fsp3) is 0.261. The van der Waals surface area contributed by atoms with E-state index in [2.05, 4.69) is 25.1 Å². The zero-order valence-corrected chi connectivity index (χ0v) is 17.1. The molecular weight excluding hydrogens is 394 g/mol. The Labute approximate surface area is 179 Å². The first-order chi connectivity index (χ1) is 15.3. The van der Waals surface area contributed by atoms with Crippen LogP contribution in [0.1, 0.15) is 37.5 Å². The highest BCUT2D eigenvalue weighted by Crippen LogP contribution is 2.30. The van der Waals surface area contributed by atoms with Crippen LogP contribution in [0.2, 0.25) is 0 Å². The second-order valence-electron chi connectivity index (χ2n) is 7.17. The molecule has 4 aromatic rings. The van der Waals surface area contributed by atoms with Crippen LogP contribution in [0.4, 0.5) is 0 Å². The van der Waals surface area contributed by atoms with Crippen molar-refractivity contribution >= 4 is 0 Å². The van der Waals surface area contributed by atoms with Gasteiger partial charge in [0.25, 0.3) is 5.89 Å². The summed E-state index contributed by atoms with van der Waals surface area (Å²) in [5, 5.41) is 4.08. The van der Waals surface area contributed by atoms with Crippen LogP contribution >= 0.6 is 0 Å². The Kier molecular flexibility index (Phi) is 5.37. The van der Waals surface area contributed by atoms with Crippen molar-refractivity contribution in [3.8, 4) is 34.5 Å². The van der Waals surface area contributed by atoms with Gasteiger partial charge < -0.3 is 14.0 Å². The summed E-state index contributed by atoms with van der Waals surface area (Å²) in [4.78, 5) is 17.9. The van der Waals surface area contributed by atoms with Crippen molar-refractivity contribution in [2.24, 2.45) is 0 Å². The standard InChI is InChI=1S/C23H21N5O3/c1-2-16-14-20(26-22(25-16)18-6-3-4-12-24-18)30-17-10-8-15(9-11-17)21-27-23(31-28-21)19-7-5-13-29-19/h3-4,6,8-12,14,19H,2,5,7,13H2,1H3. The van der Waals surface area contributed by atoms with Crippen molar-refractivity contribution in [1.29, 1.82) is 0 Å². The monoisotopic (exact) mass is 415 g/mol. The molecule has 0 radical (unpaired) electrons. The van der Waals surface area contributed by atoms with Gasteiger partial charge in [0.05, 0.1) is 0 Å². The average molecular weight is 415 g/mol. The molecule has 4 heterocycles. The predicted molar refractivity (Wildman–Crippen MR) is 112 cm³/mol. The maximum atomic E-state index is 6.00. The third-order valence-corrected chi connectivity index (χ3v) is 4.99. The van der Waals surface area contributed by atoms with E-state index in [4.69, 9.17) is 14.0 Å². The van der Waals surface area contributed by atoms with Gasteiger partial charge in [-0.1, -0.05) is 18.1 Å². The Morgan fingerprint density at radius 1 is 1.03 bits per heavy atom. The van der Waals surface area contributed by atoms with Crippen LogP contribution in [-0.2, 0) is 11.2 Å². The third kappa shape index (κ3) is 4.29. The maximum absolute atomic E-state index is 6.00. The second kappa shape index (κ2) is 8.61. The number of ether oxygens (including phenoxy) is 2. The van der Waals surface area contributed by atoms with Crippen molar-refractivity contribution in [1.82, 2.24) is 25.1 Å². The molecule has 1 saturated heterocycles. The lowest BCUT2D eigenvalue weighted by Crippen LogP contribution is -1.99. The Hall–Kier alpha value is -3.65. The number of aryl methyl sites for hydroxylation is 1. The molecule has 31 heavy (non-hydrogen) atoms. The van der Waals surface area contributed by atoms with Crippen molar-refractivity contribution in [3.05, 3.63) is 66.3 Å². The lowest BCUT2D eigenvalue weighted by molar-refractivity contribution is 0.0835. The molecule has 1 fully saturated rings. The summed E-state index contributed by atoms with van der Waals surface area (Å²) in [6.07, 6.45) is 4.32. The van der Waals surface area contributed by atoms with E-state index in [0.717, 1.165) is 37.1 Å². The van der Waals surface area contributed by atoms with Crippen LogP contribution < -0.4 is 4.74 Å². The van der Waals surface area contributed by atoms with Crippen LogP contribution in [0.5, 0.6) is 11.6 Å². The third-order valence-electron chi connectivity index (χ3n) is 4.99. The van der Waals surface area contributed by atoms with Gasteiger partial charge in [-0.05, 0) is 55.7 Å². The van der Waals surface area contributed by atoms with E-state index in [9.17, 15) is 0 Å². The van der Waals surface area contributed by atoms with Gasteiger partial charge in [-0.15, -0.1) is 0 Å². The van der Waals surface area contributed by atoms with E-state index in [-0.39, 0.29) is 6.10 Å². The fourth-order valence-corrected chi connectivity index (χ4v) is 3.36. The van der Waals surface area contributed by atoms with E-state index < -0.39 is 0 Å². The summed E-state index contributed by atoms with van der Waals surface area (Å²) in [6, 6.07) is 15.0. The number of rotatable bonds is 6. The fourth-order valence-electron chi connectivity index (χ4n) is 3.36. The summed E-state index contributed by atoms with van der Waals surface area (Å²) in [5.74, 6) is 2.73. The second-order valence-corrected chi connectivity index (χ2v) is 7.17. The van der Waals surface area contributed by atoms with Gasteiger partial charge in [-0.25, -0.2) is 4.98 Å². The van der Waals surface area contributed by atoms with Crippen molar-refractivity contribution in [3.63, 3.8) is 0 Å². The normalized spacial score (nSPS) is 15.8. The summed E-state index contributed by atoms with van der Waals surface area (Å²) >= 11 is 0. The predicted octanol–water partition coefficient (Wildman–Crippen LogP) is 4.79. The number of benzene rings is 1. The summed E-state index contributed by atoms with van der Waals surface area (Å²) in [7, 11) is 0. The summed E-state index contributed by atoms with van der Waals surface area (Å²) in [6.45, 7) is 2.78. The van der Waals surface area contributed by atoms with E-state index in [1.54, 1.807) is 6.20 Å². The van der Waals surface area contributed by atoms with Crippen LogP contribution in [0.25, 0.3) is 22.9 Å². The van der Waals surface area contributed by atoms with E-state index >= 15 is 0 Å². The number of aromatic nitrogens is 5. The molecule has 1 aromatic carbocycles. The molecule has 0 bridgehead atoms. The Morgan fingerprint density at radius 2 is 1.94 bits per heavy atom. The molecule has 156 valence electrons. The van der Waals surface area contributed by atoms with Gasteiger partial charge in [0.1, 0.15) is 17.5 Å². The van der Waals surface area contributed by atoms with E-state index in [1.807, 2.05) is 55.5 Å². The number of nitrogens with zero attached hydrogens (tertiary/aromatic N) is 5. The molecule has 8 nitrogen and oxygen atoms in total. The smallest absolute Gasteiger partial charge is 0.256 e. The van der Waals surface area contributed by atoms with E-state index in [1.165, 1.54) is 0 Å². The number of hydrogen-bond donors (Lipinski definition) is 0. The molecular formula is C23H21N5O3. The molecule has 1 aliphatic rings. The highest BCUT2D eigenvalue weighted by molar-refractivity contribution is 5.56. The lowest BCUT2D eigenvalue weighted by Gasteiger charge is -2.08. The van der Waals surface area contributed by atoms with Gasteiger partial charge in [0.2, 0.25) is 11.7 Å². The van der Waals surface area contributed by atoms with Crippen molar-refractivity contribution in [2.75, 3.05) is 6.61 Å². The first-order valence-electron chi connectivity index (χ1n) is 10.3. The Balaban J connectivity index is 1.35. The highest BCUT2D eigenvalue weighted by atomic mass is 16.5. The van der Waals surface area contributed by atoms with Gasteiger partial charge in [-0.3, -0.25) is 4.98 Å². The summed E-state index contributed by atoms with van der Waals surface area (Å²) in [5.41, 5.74) is 2.43. The number of pyridine rings is 1. The molecule has 1 atom stereocenters. The van der Waals surface area contributed by atoms with E-state index in [0.29, 0.717) is 34.9 Å². The molecule has 0 N–H and O–H groups in total. The minimum atomic E-state index is -0.0947. The Bertz CT molecular complexity index is 1160. The first-order valence-corrected chi connectivity index (χ1v) is 10.3. The molecule has 8 heteroatoms. The van der Waals surface area contributed by atoms with Crippen LogP contribution in [0, 0.1) is 0 Å². The van der Waals surface area contributed by atoms with Crippen molar-refractivity contribution < 1.29 is 14.0 Å². The molecule has 5 rings (SSSR count). The molecule has 1 aliphatic heterocycles. The largest absolute Gasteiger partial charge is 0.439 e. The van der Waals surface area contributed by atoms with Gasteiger partial charge in [0, 0.05) is 30.1 Å². The van der Waals surface area contributed by atoms with Gasteiger partial charge in [-0.2, -0.15) is 9.97 Å². The topological polar surface area (TPSA) is 96.1 Å². The van der Waals surface area contributed by atoms with Crippen LogP contribution in [-0.4, -0.2) is 31.7 Å². The molecule has 0 spiro atoms. The van der Waals surface area contributed by atoms with Gasteiger partial charge in [0.15, 0.2) is 5.82 Å². The molecule has 0 saturated carbocycles. The summed E-state index contributed by atoms with van der Waals surface area (Å²) < 4.78 is 17.0. The number of hydrogen-bond acceptors (Lipinski definition) is 8. The molecule has 3 aromatic heterocycles. The molecule has 1 unspecified atom stereocenters. The zero-order valence-electron chi connectivity index (χ0n) is 17.1. The molecule has 0 amide bonds. The van der Waals surface area contributed by atoms with Crippen LogP contribution in [0.3, 0.4) is 0 Å². The average Bonchev–Trinajstić information content (AvgIpc) is 3.52. The minimum Gasteiger partial charge on any atom is -0.439 e. The SMILES string of the molecule is CCc1cc(Oc2ccc(-c3noc(C4CCCO4)n3)cc2)nc(-c2ccccn2)n1. The quantitative estimate of drug-likeness (QED) is 0.443. The maximum Gasteiger partial charge on any atom is 0.256 e. The lowest BCUT2D eigenvalue weighted by atomic mass is 10.2. The first kappa shape index (κ1) is 19.3. The van der Waals surface area contributed by atoms with Gasteiger partial charge >= 0.3 is 0 Å². The Morgan fingerprint density at radius 3 is 2.68 bits per heavy atom. The highest BCUT2D eigenvalue weighted by Gasteiger charge is 2.24. The zero-order chi connectivity index (χ0) is 21.0. The van der Waals surface area contributed by atoms with Crippen LogP contribution in [0.15, 0.2) is 59.3 Å².